The number of rotatable bonds is 4. The Hall–Kier alpha value is -2.84. The zero-order chi connectivity index (χ0) is 23.4. The molecule has 4 rings (SSSR count). The van der Waals surface area contributed by atoms with Crippen molar-refractivity contribution in [2.24, 2.45) is 0 Å². The van der Waals surface area contributed by atoms with E-state index in [4.69, 9.17) is 25.4 Å². The van der Waals surface area contributed by atoms with Crippen LogP contribution in [0.15, 0.2) is 32.8 Å². The molecule has 0 bridgehead atoms. The quantitative estimate of drug-likeness (QED) is 0.345. The lowest BCUT2D eigenvalue weighted by molar-refractivity contribution is -0.0459. The van der Waals surface area contributed by atoms with Gasteiger partial charge in [0, 0.05) is 24.4 Å². The number of nitrogen functional groups attached to an aromatic ring is 1. The normalized spacial score (nSPS) is 27.2. The molecule has 6 N–H and O–H groups in total. The van der Waals surface area contributed by atoms with Crippen LogP contribution in [0.5, 0.6) is 0 Å². The van der Waals surface area contributed by atoms with Gasteiger partial charge in [-0.1, -0.05) is 0 Å². The number of ether oxygens (including phenoxy) is 2. The van der Waals surface area contributed by atoms with Crippen LogP contribution in [0, 0.1) is 6.92 Å². The minimum Gasteiger partial charge on any atom is -0.394 e. The van der Waals surface area contributed by atoms with Gasteiger partial charge in [-0.2, -0.15) is 4.98 Å². The van der Waals surface area contributed by atoms with Crippen molar-refractivity contribution in [1.82, 2.24) is 19.1 Å². The van der Waals surface area contributed by atoms with Gasteiger partial charge in [0.2, 0.25) is 0 Å². The van der Waals surface area contributed by atoms with Gasteiger partial charge in [0.25, 0.3) is 5.56 Å². The molecule has 0 saturated carbocycles. The van der Waals surface area contributed by atoms with Gasteiger partial charge in [0.05, 0.1) is 25.4 Å². The summed E-state index contributed by atoms with van der Waals surface area (Å²) in [7, 11) is 0. The Morgan fingerprint density at radius 1 is 1.16 bits per heavy atom. The van der Waals surface area contributed by atoms with Gasteiger partial charge in [-0.25, -0.2) is 9.59 Å². The number of aliphatic hydroxyl groups is 3. The summed E-state index contributed by atoms with van der Waals surface area (Å²) >= 11 is 0. The average molecular weight is 453 g/mol. The van der Waals surface area contributed by atoms with Gasteiger partial charge in [0.1, 0.15) is 24.4 Å². The standard InChI is InChI=1S/C10H14N2O5.C9H13N3O3/c1-5-3-12(10(16)11-9(5)15)8-2-6(14)7(4-13)17-8;10-7-3-4-12(9(14)11-7)8-2-1-6(5-13)15-8/h3,6-8,13-14H,2,4H2,1H3,(H,11,15,16);3-4,6,8,13H,1-2,5H2,(H2,10,11,14)/t6?,7-,8-;6-,8+/m10/s1. The number of hydrogen-bond acceptors (Lipinski definition) is 10. The maximum Gasteiger partial charge on any atom is 0.351 e. The zero-order valence-electron chi connectivity index (χ0n) is 17.5. The first-order valence-electron chi connectivity index (χ1n) is 10.1. The van der Waals surface area contributed by atoms with Crippen LogP contribution in [-0.4, -0.2) is 65.9 Å². The van der Waals surface area contributed by atoms with Crippen LogP contribution in [0.1, 0.15) is 37.3 Å². The van der Waals surface area contributed by atoms with Crippen LogP contribution in [0.3, 0.4) is 0 Å². The van der Waals surface area contributed by atoms with Gasteiger partial charge in [-0.05, 0) is 25.8 Å². The number of aromatic amines is 1. The number of nitrogens with two attached hydrogens (primary N) is 1. The Morgan fingerprint density at radius 3 is 2.50 bits per heavy atom. The highest BCUT2D eigenvalue weighted by Crippen LogP contribution is 2.27. The van der Waals surface area contributed by atoms with Crippen molar-refractivity contribution >= 4 is 5.82 Å². The number of aliphatic hydroxyl groups excluding tert-OH is 3. The minimum absolute atomic E-state index is 0.0202. The number of H-pyrrole nitrogens is 1. The van der Waals surface area contributed by atoms with E-state index in [0.29, 0.717) is 12.0 Å². The van der Waals surface area contributed by atoms with Crippen molar-refractivity contribution in [1.29, 1.82) is 0 Å². The number of nitrogens with one attached hydrogen (secondary N) is 1. The predicted molar refractivity (Wildman–Crippen MR) is 111 cm³/mol. The zero-order valence-corrected chi connectivity index (χ0v) is 17.5. The third-order valence-corrected chi connectivity index (χ3v) is 5.29. The maximum absolute atomic E-state index is 11.6. The van der Waals surface area contributed by atoms with Gasteiger partial charge in [0.15, 0.2) is 0 Å². The van der Waals surface area contributed by atoms with E-state index in [2.05, 4.69) is 9.97 Å². The Morgan fingerprint density at radius 2 is 1.91 bits per heavy atom. The first-order valence-corrected chi connectivity index (χ1v) is 10.1. The first kappa shape index (κ1) is 23.8. The SMILES string of the molecule is Cc1cn([C@H]2CC(O)[C@@H](CO)O2)c(=O)[nH]c1=O.Nc1ccn([C@H]2CC[C@@H](CO)O2)c(=O)n1. The summed E-state index contributed by atoms with van der Waals surface area (Å²) in [6.45, 7) is 1.24. The van der Waals surface area contributed by atoms with E-state index in [-0.39, 0.29) is 37.8 Å². The minimum atomic E-state index is -0.816. The summed E-state index contributed by atoms with van der Waals surface area (Å²) in [6.07, 6.45) is 1.93. The molecular weight excluding hydrogens is 426 g/mol. The van der Waals surface area contributed by atoms with E-state index in [0.717, 1.165) is 6.42 Å². The molecule has 0 radical (unpaired) electrons. The molecule has 13 nitrogen and oxygen atoms in total. The smallest absolute Gasteiger partial charge is 0.351 e. The molecule has 1 unspecified atom stereocenters. The van der Waals surface area contributed by atoms with Crippen LogP contribution in [0.4, 0.5) is 5.82 Å². The Kier molecular flexibility index (Phi) is 7.58. The molecule has 2 fully saturated rings. The summed E-state index contributed by atoms with van der Waals surface area (Å²) in [5.74, 6) is 0.202. The molecule has 0 aliphatic carbocycles. The predicted octanol–water partition coefficient (Wildman–Crippen LogP) is -2.02. The number of aromatic nitrogens is 4. The molecule has 0 spiro atoms. The molecule has 32 heavy (non-hydrogen) atoms. The van der Waals surface area contributed by atoms with E-state index >= 15 is 0 Å². The fourth-order valence-electron chi connectivity index (χ4n) is 3.52. The number of aryl methyl sites for hydroxylation is 1. The number of anilines is 1. The van der Waals surface area contributed by atoms with Crippen LogP contribution in [-0.2, 0) is 9.47 Å². The van der Waals surface area contributed by atoms with Crippen LogP contribution >= 0.6 is 0 Å². The fourth-order valence-corrected chi connectivity index (χ4v) is 3.52. The lowest BCUT2D eigenvalue weighted by atomic mass is 10.2. The molecule has 2 aliphatic rings. The summed E-state index contributed by atoms with van der Waals surface area (Å²) in [4.78, 5) is 40.0. The third kappa shape index (κ3) is 5.31. The lowest BCUT2D eigenvalue weighted by Crippen LogP contribution is -2.33. The van der Waals surface area contributed by atoms with E-state index < -0.39 is 35.4 Å². The Bertz CT molecular complexity index is 1100. The number of hydrogen-bond donors (Lipinski definition) is 5. The van der Waals surface area contributed by atoms with Crippen molar-refractivity contribution in [3.05, 3.63) is 55.3 Å². The number of nitrogens with zero attached hydrogens (tertiary/aromatic N) is 3. The summed E-state index contributed by atoms with van der Waals surface area (Å²) in [5.41, 5.74) is 4.31. The van der Waals surface area contributed by atoms with E-state index in [1.54, 1.807) is 19.2 Å². The van der Waals surface area contributed by atoms with Crippen molar-refractivity contribution in [3.8, 4) is 0 Å². The highest BCUT2D eigenvalue weighted by atomic mass is 16.5. The van der Waals surface area contributed by atoms with Crippen LogP contribution in [0.25, 0.3) is 0 Å². The topological polar surface area (TPSA) is 195 Å². The van der Waals surface area contributed by atoms with Gasteiger partial charge >= 0.3 is 11.4 Å². The molecule has 5 atom stereocenters. The fraction of sp³-hybridized carbons (Fsp3) is 0.579. The molecular formula is C19H27N5O8. The highest BCUT2D eigenvalue weighted by Gasteiger charge is 2.35. The van der Waals surface area contributed by atoms with E-state index in [1.807, 2.05) is 0 Å². The highest BCUT2D eigenvalue weighted by molar-refractivity contribution is 5.23. The molecule has 2 aromatic rings. The summed E-state index contributed by atoms with van der Waals surface area (Å²) < 4.78 is 13.4. The van der Waals surface area contributed by atoms with Crippen LogP contribution in [0.2, 0.25) is 0 Å². The monoisotopic (exact) mass is 453 g/mol. The van der Waals surface area contributed by atoms with Crippen molar-refractivity contribution in [2.45, 2.75) is 57.0 Å². The molecule has 4 heterocycles. The Balaban J connectivity index is 0.000000182. The van der Waals surface area contributed by atoms with E-state index in [1.165, 1.54) is 15.3 Å². The van der Waals surface area contributed by atoms with Gasteiger partial charge < -0.3 is 30.5 Å². The van der Waals surface area contributed by atoms with Crippen molar-refractivity contribution < 1.29 is 24.8 Å². The second kappa shape index (κ2) is 10.2. The molecule has 13 heteroatoms. The third-order valence-electron chi connectivity index (χ3n) is 5.29. The van der Waals surface area contributed by atoms with Crippen molar-refractivity contribution in [3.63, 3.8) is 0 Å². The summed E-state index contributed by atoms with van der Waals surface area (Å²) in [6, 6.07) is 1.55. The molecule has 2 aromatic heterocycles. The largest absolute Gasteiger partial charge is 0.394 e. The Labute approximate surface area is 181 Å². The second-order valence-electron chi connectivity index (χ2n) is 7.61. The molecule has 176 valence electrons. The molecule has 2 saturated heterocycles. The molecule has 0 amide bonds. The van der Waals surface area contributed by atoms with E-state index in [9.17, 15) is 19.5 Å². The maximum atomic E-state index is 11.6. The first-order chi connectivity index (χ1) is 15.2. The van der Waals surface area contributed by atoms with Gasteiger partial charge in [-0.3, -0.25) is 18.9 Å². The summed E-state index contributed by atoms with van der Waals surface area (Å²) in [5, 5.41) is 27.4. The van der Waals surface area contributed by atoms with Gasteiger partial charge in [-0.15, -0.1) is 0 Å². The molecule has 2 aliphatic heterocycles. The second-order valence-corrected chi connectivity index (χ2v) is 7.61. The van der Waals surface area contributed by atoms with Crippen LogP contribution < -0.4 is 22.7 Å². The molecule has 0 aromatic carbocycles. The van der Waals surface area contributed by atoms with Crippen molar-refractivity contribution in [2.75, 3.05) is 18.9 Å². The lowest BCUT2D eigenvalue weighted by Gasteiger charge is -2.14. The average Bonchev–Trinajstić information content (AvgIpc) is 3.37.